The molecule has 114 valence electrons. The molecule has 1 fully saturated rings. The van der Waals surface area contributed by atoms with Crippen LogP contribution in [0.5, 0.6) is 0 Å². The fraction of sp³-hybridized carbons (Fsp3) is 0.812. The average molecular weight is 278 g/mol. The largest absolute Gasteiger partial charge is 0.357 e. The van der Waals surface area contributed by atoms with Crippen molar-refractivity contribution in [3.8, 4) is 0 Å². The van der Waals surface area contributed by atoms with Crippen molar-refractivity contribution in [1.82, 2.24) is 15.5 Å². The van der Waals surface area contributed by atoms with Crippen molar-refractivity contribution in [2.45, 2.75) is 58.0 Å². The third-order valence-electron chi connectivity index (χ3n) is 4.29. The quantitative estimate of drug-likeness (QED) is 0.460. The Hall–Kier alpha value is -1.03. The van der Waals surface area contributed by atoms with Crippen molar-refractivity contribution in [3.63, 3.8) is 0 Å². The number of nitrogens with one attached hydrogen (secondary N) is 2. The van der Waals surface area contributed by atoms with Gasteiger partial charge in [-0.25, -0.2) is 0 Å². The molecule has 1 unspecified atom stereocenters. The number of rotatable bonds is 5. The predicted octanol–water partition coefficient (Wildman–Crippen LogP) is 2.13. The summed E-state index contributed by atoms with van der Waals surface area (Å²) in [5.41, 5.74) is 0. The van der Waals surface area contributed by atoms with E-state index in [9.17, 15) is 0 Å². The normalized spacial score (nSPS) is 25.1. The maximum Gasteiger partial charge on any atom is 0.191 e. The van der Waals surface area contributed by atoms with E-state index in [0.29, 0.717) is 6.04 Å². The lowest BCUT2D eigenvalue weighted by Crippen LogP contribution is -2.43. The molecular formula is C16H30N4. The molecule has 4 nitrogen and oxygen atoms in total. The van der Waals surface area contributed by atoms with Gasteiger partial charge in [0.15, 0.2) is 5.96 Å². The van der Waals surface area contributed by atoms with Crippen molar-refractivity contribution in [2.24, 2.45) is 4.99 Å². The van der Waals surface area contributed by atoms with E-state index in [1.165, 1.54) is 25.8 Å². The lowest BCUT2D eigenvalue weighted by Gasteiger charge is -2.32. The minimum absolute atomic E-state index is 0.529. The second-order valence-electron chi connectivity index (χ2n) is 5.93. The predicted molar refractivity (Wildman–Crippen MR) is 86.2 cm³/mol. The summed E-state index contributed by atoms with van der Waals surface area (Å²) in [6.07, 6.45) is 10.8. The van der Waals surface area contributed by atoms with Gasteiger partial charge in [-0.2, -0.15) is 0 Å². The number of guanidine groups is 1. The monoisotopic (exact) mass is 278 g/mol. The molecule has 4 heteroatoms. The first-order valence-corrected chi connectivity index (χ1v) is 8.23. The number of hydrogen-bond acceptors (Lipinski definition) is 2. The van der Waals surface area contributed by atoms with Crippen LogP contribution in [0.15, 0.2) is 17.1 Å². The molecule has 2 aliphatic rings. The van der Waals surface area contributed by atoms with Gasteiger partial charge in [-0.05, 0) is 46.1 Å². The van der Waals surface area contributed by atoms with Gasteiger partial charge in [0.1, 0.15) is 0 Å². The van der Waals surface area contributed by atoms with Gasteiger partial charge < -0.3 is 10.6 Å². The lowest BCUT2D eigenvalue weighted by molar-refractivity contribution is 0.166. The summed E-state index contributed by atoms with van der Waals surface area (Å²) >= 11 is 0. The van der Waals surface area contributed by atoms with Crippen LogP contribution in [0.25, 0.3) is 0 Å². The Balaban J connectivity index is 1.75. The first kappa shape index (κ1) is 15.4. The van der Waals surface area contributed by atoms with E-state index in [0.717, 1.165) is 44.5 Å². The van der Waals surface area contributed by atoms with Gasteiger partial charge in [-0.1, -0.05) is 18.6 Å². The molecule has 1 atom stereocenters. The summed E-state index contributed by atoms with van der Waals surface area (Å²) in [5, 5.41) is 6.87. The Morgan fingerprint density at radius 2 is 2.10 bits per heavy atom. The molecule has 20 heavy (non-hydrogen) atoms. The van der Waals surface area contributed by atoms with Gasteiger partial charge in [0, 0.05) is 25.2 Å². The molecule has 0 aromatic carbocycles. The molecule has 1 aliphatic carbocycles. The van der Waals surface area contributed by atoms with Crippen molar-refractivity contribution >= 4 is 5.96 Å². The van der Waals surface area contributed by atoms with Gasteiger partial charge in [-0.3, -0.25) is 9.89 Å². The van der Waals surface area contributed by atoms with Crippen LogP contribution in [-0.4, -0.2) is 49.1 Å². The number of likely N-dealkylation sites (tertiary alicyclic amines) is 1. The van der Waals surface area contributed by atoms with Crippen LogP contribution in [0, 0.1) is 0 Å². The zero-order valence-corrected chi connectivity index (χ0v) is 13.1. The van der Waals surface area contributed by atoms with E-state index < -0.39 is 0 Å². The van der Waals surface area contributed by atoms with Crippen LogP contribution in [0.1, 0.15) is 46.0 Å². The van der Waals surface area contributed by atoms with Crippen LogP contribution in [0.4, 0.5) is 0 Å². The third-order valence-corrected chi connectivity index (χ3v) is 4.29. The topological polar surface area (TPSA) is 39.7 Å². The Labute approximate surface area is 123 Å². The molecule has 2 N–H and O–H groups in total. The van der Waals surface area contributed by atoms with Crippen LogP contribution >= 0.6 is 0 Å². The molecule has 0 bridgehead atoms. The fourth-order valence-electron chi connectivity index (χ4n) is 3.03. The summed E-state index contributed by atoms with van der Waals surface area (Å²) in [6, 6.07) is 1.26. The maximum absolute atomic E-state index is 4.73. The van der Waals surface area contributed by atoms with Gasteiger partial charge in [0.2, 0.25) is 0 Å². The van der Waals surface area contributed by atoms with Gasteiger partial charge in [0.05, 0.1) is 6.54 Å². The van der Waals surface area contributed by atoms with E-state index in [2.05, 4.69) is 41.5 Å². The summed E-state index contributed by atoms with van der Waals surface area (Å²) in [7, 11) is 0. The molecule has 1 aliphatic heterocycles. The Bertz CT molecular complexity index is 329. The van der Waals surface area contributed by atoms with Crippen molar-refractivity contribution < 1.29 is 0 Å². The molecular weight excluding hydrogens is 248 g/mol. The van der Waals surface area contributed by atoms with Crippen LogP contribution < -0.4 is 10.6 Å². The van der Waals surface area contributed by atoms with E-state index in [4.69, 9.17) is 4.99 Å². The molecule has 0 amide bonds. The standard InChI is InChI=1S/C16H30N4/c1-3-17-16(19-15-9-4-5-10-15)18-11-13-20-12-7-6-8-14(20)2/h4-5,14-15H,3,6-13H2,1-2H3,(H2,17,18,19). The Morgan fingerprint density at radius 3 is 2.80 bits per heavy atom. The molecule has 0 saturated carbocycles. The molecule has 1 heterocycles. The molecule has 0 spiro atoms. The maximum atomic E-state index is 4.73. The van der Waals surface area contributed by atoms with E-state index in [1.807, 2.05) is 0 Å². The van der Waals surface area contributed by atoms with Crippen molar-refractivity contribution in [2.75, 3.05) is 26.2 Å². The second-order valence-corrected chi connectivity index (χ2v) is 5.93. The van der Waals surface area contributed by atoms with E-state index >= 15 is 0 Å². The van der Waals surface area contributed by atoms with E-state index in [1.54, 1.807) is 0 Å². The molecule has 0 aromatic heterocycles. The molecule has 0 aromatic rings. The third kappa shape index (κ3) is 4.82. The van der Waals surface area contributed by atoms with E-state index in [-0.39, 0.29) is 0 Å². The second kappa shape index (κ2) is 8.30. The molecule has 0 radical (unpaired) electrons. The smallest absolute Gasteiger partial charge is 0.191 e. The minimum atomic E-state index is 0.529. The summed E-state index contributed by atoms with van der Waals surface area (Å²) < 4.78 is 0. The first-order valence-electron chi connectivity index (χ1n) is 8.23. The highest BCUT2D eigenvalue weighted by atomic mass is 15.2. The first-order chi connectivity index (χ1) is 9.79. The summed E-state index contributed by atoms with van der Waals surface area (Å²) in [5.74, 6) is 0.978. The number of piperidine rings is 1. The molecule has 2 rings (SSSR count). The van der Waals surface area contributed by atoms with Crippen LogP contribution in [0.2, 0.25) is 0 Å². The van der Waals surface area contributed by atoms with Gasteiger partial charge in [0.25, 0.3) is 0 Å². The highest BCUT2D eigenvalue weighted by molar-refractivity contribution is 5.80. The Kier molecular flexibility index (Phi) is 6.37. The number of aliphatic imine (C=N–C) groups is 1. The zero-order valence-electron chi connectivity index (χ0n) is 13.1. The summed E-state index contributed by atoms with van der Waals surface area (Å²) in [4.78, 5) is 7.31. The minimum Gasteiger partial charge on any atom is -0.357 e. The average Bonchev–Trinajstić information content (AvgIpc) is 2.94. The number of nitrogens with zero attached hydrogens (tertiary/aromatic N) is 2. The lowest BCUT2D eigenvalue weighted by atomic mass is 10.0. The van der Waals surface area contributed by atoms with Crippen molar-refractivity contribution in [1.29, 1.82) is 0 Å². The SMILES string of the molecule is CCNC(=NCCN1CCCCC1C)NC1CC=CC1. The highest BCUT2D eigenvalue weighted by Gasteiger charge is 2.17. The summed E-state index contributed by atoms with van der Waals surface area (Å²) in [6.45, 7) is 8.60. The molecule has 1 saturated heterocycles. The highest BCUT2D eigenvalue weighted by Crippen LogP contribution is 2.15. The van der Waals surface area contributed by atoms with Gasteiger partial charge in [-0.15, -0.1) is 0 Å². The van der Waals surface area contributed by atoms with Gasteiger partial charge >= 0.3 is 0 Å². The Morgan fingerprint density at radius 1 is 1.30 bits per heavy atom. The number of hydrogen-bond donors (Lipinski definition) is 2. The zero-order chi connectivity index (χ0) is 14.2. The fourth-order valence-corrected chi connectivity index (χ4v) is 3.03. The van der Waals surface area contributed by atoms with Crippen LogP contribution in [0.3, 0.4) is 0 Å². The van der Waals surface area contributed by atoms with Crippen molar-refractivity contribution in [3.05, 3.63) is 12.2 Å². The van der Waals surface area contributed by atoms with Crippen LogP contribution in [-0.2, 0) is 0 Å².